The first-order chi connectivity index (χ1) is 17.6. The van der Waals surface area contributed by atoms with E-state index in [2.05, 4.69) is 34.3 Å². The van der Waals surface area contributed by atoms with Crippen LogP contribution in [0.3, 0.4) is 0 Å². The molecule has 2 N–H and O–H groups in total. The molecule has 3 aliphatic rings. The number of benzene rings is 2. The van der Waals surface area contributed by atoms with Gasteiger partial charge in [0.25, 0.3) is 0 Å². The highest BCUT2D eigenvalue weighted by Gasteiger charge is 2.49. The molecule has 5 rings (SSSR count). The predicted octanol–water partition coefficient (Wildman–Crippen LogP) is 6.41. The molecule has 0 bridgehead atoms. The van der Waals surface area contributed by atoms with Gasteiger partial charge < -0.3 is 29.2 Å². The maximum atomic E-state index is 10.0. The van der Waals surface area contributed by atoms with E-state index in [1.807, 2.05) is 37.3 Å². The molecule has 0 aromatic heterocycles. The van der Waals surface area contributed by atoms with E-state index >= 15 is 0 Å². The van der Waals surface area contributed by atoms with Crippen LogP contribution in [0.5, 0.6) is 23.0 Å². The Morgan fingerprint density at radius 1 is 1.16 bits per heavy atom. The number of allylic oxidation sites excluding steroid dienone is 2. The second-order valence-electron chi connectivity index (χ2n) is 10.8. The summed E-state index contributed by atoms with van der Waals surface area (Å²) in [4.78, 5) is 0. The molecule has 2 aromatic rings. The second-order valence-corrected chi connectivity index (χ2v) is 10.8. The number of aromatic hydroxyl groups is 1. The molecule has 6 heteroatoms. The van der Waals surface area contributed by atoms with Crippen LogP contribution in [0.25, 0.3) is 0 Å². The maximum absolute atomic E-state index is 10.0. The molecule has 3 atom stereocenters. The summed E-state index contributed by atoms with van der Waals surface area (Å²) in [5.41, 5.74) is 3.38. The van der Waals surface area contributed by atoms with Crippen molar-refractivity contribution >= 4 is 0 Å². The van der Waals surface area contributed by atoms with Gasteiger partial charge in [-0.1, -0.05) is 52.5 Å². The van der Waals surface area contributed by atoms with Crippen molar-refractivity contribution in [3.63, 3.8) is 0 Å². The molecule has 3 unspecified atom stereocenters. The monoisotopic (exact) mass is 506 g/mol. The lowest BCUT2D eigenvalue weighted by atomic mass is 9.77. The van der Waals surface area contributed by atoms with Gasteiger partial charge in [0.05, 0.1) is 25.4 Å². The van der Waals surface area contributed by atoms with Crippen LogP contribution in [0.2, 0.25) is 0 Å². The van der Waals surface area contributed by atoms with E-state index in [1.165, 1.54) is 0 Å². The molecule has 3 heterocycles. The van der Waals surface area contributed by atoms with Crippen LogP contribution in [0.4, 0.5) is 0 Å². The fourth-order valence-corrected chi connectivity index (χ4v) is 4.52. The van der Waals surface area contributed by atoms with Crippen LogP contribution < -0.4 is 9.47 Å². The first kappa shape index (κ1) is 27.0. The summed E-state index contributed by atoms with van der Waals surface area (Å²) in [6.07, 6.45) is 6.30. The molecule has 6 nitrogen and oxygen atoms in total. The van der Waals surface area contributed by atoms with Crippen LogP contribution in [0, 0.1) is 5.41 Å². The molecular formula is C31H38O6. The van der Waals surface area contributed by atoms with Gasteiger partial charge in [-0.05, 0) is 54.2 Å². The van der Waals surface area contributed by atoms with Gasteiger partial charge in [0.2, 0.25) is 0 Å². The van der Waals surface area contributed by atoms with Crippen molar-refractivity contribution in [2.24, 2.45) is 5.41 Å². The van der Waals surface area contributed by atoms with Crippen LogP contribution in [-0.4, -0.2) is 42.2 Å². The fraction of sp³-hybridized carbons (Fsp3) is 0.419. The Balaban J connectivity index is 0.000000396. The zero-order valence-corrected chi connectivity index (χ0v) is 22.4. The Bertz CT molecular complexity index is 1200. The quantitative estimate of drug-likeness (QED) is 0.348. The number of ether oxygens (including phenoxy) is 4. The van der Waals surface area contributed by atoms with Crippen molar-refractivity contribution < 1.29 is 29.2 Å². The minimum atomic E-state index is -0.846. The lowest BCUT2D eigenvalue weighted by Crippen LogP contribution is -2.33. The van der Waals surface area contributed by atoms with E-state index in [4.69, 9.17) is 18.9 Å². The number of hydrogen-bond donors (Lipinski definition) is 2. The Morgan fingerprint density at radius 2 is 1.84 bits per heavy atom. The van der Waals surface area contributed by atoms with Crippen molar-refractivity contribution in [2.45, 2.75) is 58.8 Å². The fourth-order valence-electron chi connectivity index (χ4n) is 4.52. The molecule has 37 heavy (non-hydrogen) atoms. The molecular weight excluding hydrogens is 468 g/mol. The molecule has 2 aromatic carbocycles. The minimum Gasteiger partial charge on any atom is -0.508 e. The molecule has 0 saturated carbocycles. The number of phenols is 1. The molecule has 0 amide bonds. The summed E-state index contributed by atoms with van der Waals surface area (Å²) >= 11 is 0. The first-order valence-electron chi connectivity index (χ1n) is 12.8. The van der Waals surface area contributed by atoms with E-state index in [0.717, 1.165) is 28.9 Å². The van der Waals surface area contributed by atoms with Gasteiger partial charge >= 0.3 is 0 Å². The molecule has 0 aliphatic carbocycles. The predicted molar refractivity (Wildman–Crippen MR) is 144 cm³/mol. The summed E-state index contributed by atoms with van der Waals surface area (Å²) in [6.45, 7) is 16.0. The third-order valence-corrected chi connectivity index (χ3v) is 6.85. The summed E-state index contributed by atoms with van der Waals surface area (Å²) in [7, 11) is 0. The lowest BCUT2D eigenvalue weighted by molar-refractivity contribution is 0.0420. The van der Waals surface area contributed by atoms with Gasteiger partial charge in [0.1, 0.15) is 29.6 Å². The molecule has 1 saturated heterocycles. The van der Waals surface area contributed by atoms with E-state index < -0.39 is 11.7 Å². The van der Waals surface area contributed by atoms with Crippen molar-refractivity contribution in [3.05, 3.63) is 83.5 Å². The zero-order valence-electron chi connectivity index (χ0n) is 22.4. The molecule has 0 radical (unpaired) electrons. The summed E-state index contributed by atoms with van der Waals surface area (Å²) in [6, 6.07) is 10.7. The van der Waals surface area contributed by atoms with Crippen molar-refractivity contribution in [1.29, 1.82) is 0 Å². The Hall–Kier alpha value is -3.06. The number of epoxide rings is 1. The summed E-state index contributed by atoms with van der Waals surface area (Å²) in [5.74, 6) is 1.85. The molecule has 1 spiro atoms. The van der Waals surface area contributed by atoms with Gasteiger partial charge in [-0.25, -0.2) is 0 Å². The third-order valence-electron chi connectivity index (χ3n) is 6.85. The number of fused-ring (bicyclic) bond motifs is 4. The van der Waals surface area contributed by atoms with Crippen molar-refractivity contribution in [1.82, 2.24) is 0 Å². The van der Waals surface area contributed by atoms with Gasteiger partial charge in [-0.15, -0.1) is 0 Å². The molecule has 3 aliphatic heterocycles. The van der Waals surface area contributed by atoms with Crippen LogP contribution >= 0.6 is 0 Å². The van der Waals surface area contributed by atoms with E-state index in [-0.39, 0.29) is 12.4 Å². The largest absolute Gasteiger partial charge is 0.508 e. The van der Waals surface area contributed by atoms with E-state index in [9.17, 15) is 10.2 Å². The van der Waals surface area contributed by atoms with Crippen molar-refractivity contribution in [3.8, 4) is 23.0 Å². The smallest absolute Gasteiger partial charge is 0.151 e. The number of aliphatic hydroxyl groups excluding tert-OH is 1. The summed E-state index contributed by atoms with van der Waals surface area (Å²) < 4.78 is 23.4. The number of rotatable bonds is 6. The molecule has 198 valence electrons. The van der Waals surface area contributed by atoms with Crippen LogP contribution in [0.1, 0.15) is 52.2 Å². The van der Waals surface area contributed by atoms with Gasteiger partial charge in [0.15, 0.2) is 5.60 Å². The highest BCUT2D eigenvalue weighted by atomic mass is 16.6. The van der Waals surface area contributed by atoms with Crippen LogP contribution in [0.15, 0.2) is 72.4 Å². The summed E-state index contributed by atoms with van der Waals surface area (Å²) in [5, 5.41) is 19.8. The standard InChI is InChI=1S/C25H26O5.C6H12O/c1-4-6-7-20-16(3)14-29-25(20)21-10-8-18(27)12-23(21)30-24-13-19(9-11-22(24)25)28-15-17(26)5-2;1-6(2,3)5-4-7-5/h4,6-13,17,26-27H,1,5,14-15H2,2-3H3;5H,4H2,1-3H3/b7-6-;. The second kappa shape index (κ2) is 10.7. The Labute approximate surface area is 219 Å². The SMILES string of the molecule is C=C/C=C\C1=C(C)COC12c1ccc(O)cc1Oc1cc(OCC(O)CC)ccc12.CC(C)(C)C1CO1. The average molecular weight is 507 g/mol. The van der Waals surface area contributed by atoms with Gasteiger partial charge in [-0.2, -0.15) is 0 Å². The maximum Gasteiger partial charge on any atom is 0.151 e. The third kappa shape index (κ3) is 5.61. The normalized spacial score (nSPS) is 22.6. The van der Waals surface area contributed by atoms with E-state index in [1.54, 1.807) is 24.3 Å². The number of aliphatic hydroxyl groups is 1. The Kier molecular flexibility index (Phi) is 7.83. The molecule has 1 fully saturated rings. The van der Waals surface area contributed by atoms with Crippen LogP contribution in [-0.2, 0) is 15.1 Å². The highest BCUT2D eigenvalue weighted by molar-refractivity contribution is 5.66. The zero-order chi connectivity index (χ0) is 26.8. The minimum absolute atomic E-state index is 0.118. The first-order valence-corrected chi connectivity index (χ1v) is 12.8. The average Bonchev–Trinajstić information content (AvgIpc) is 3.68. The van der Waals surface area contributed by atoms with Gasteiger partial charge in [0, 0.05) is 23.3 Å². The number of hydrogen-bond acceptors (Lipinski definition) is 6. The Morgan fingerprint density at radius 3 is 2.43 bits per heavy atom. The van der Waals surface area contributed by atoms with E-state index in [0.29, 0.717) is 41.8 Å². The van der Waals surface area contributed by atoms with Gasteiger partial charge in [-0.3, -0.25) is 0 Å². The topological polar surface area (TPSA) is 80.7 Å². The number of phenolic OH excluding ortho intramolecular Hbond substituents is 1. The lowest BCUT2D eigenvalue weighted by Gasteiger charge is -2.38. The van der Waals surface area contributed by atoms with Crippen molar-refractivity contribution in [2.75, 3.05) is 19.8 Å². The highest BCUT2D eigenvalue weighted by Crippen LogP contribution is 2.57.